The molecule has 0 aliphatic carbocycles. The molecule has 29 heteroatoms. The van der Waals surface area contributed by atoms with Crippen LogP contribution in [0.5, 0.6) is 0 Å². The zero-order chi connectivity index (χ0) is 36.1. The van der Waals surface area contributed by atoms with Crippen LogP contribution < -0.4 is 0 Å². The van der Waals surface area contributed by atoms with E-state index in [9.17, 15) is 97.4 Å². The summed E-state index contributed by atoms with van der Waals surface area (Å²) in [4.78, 5) is 21.3. The fourth-order valence-corrected chi connectivity index (χ4v) is 3.09. The van der Waals surface area contributed by atoms with Gasteiger partial charge in [0.25, 0.3) is 0 Å². The van der Waals surface area contributed by atoms with E-state index >= 15 is 0 Å². The van der Waals surface area contributed by atoms with Crippen LogP contribution in [0.1, 0.15) is 13.8 Å². The zero-order valence-electron chi connectivity index (χ0n) is 20.2. The predicted molar refractivity (Wildman–Crippen MR) is 83.9 cm³/mol. The molecule has 0 saturated carbocycles. The maximum atomic E-state index is 14.8. The van der Waals surface area contributed by atoms with Gasteiger partial charge in [-0.15, -0.1) is 0 Å². The van der Waals surface area contributed by atoms with Gasteiger partial charge >= 0.3 is 84.2 Å². The van der Waals surface area contributed by atoms with Crippen molar-refractivity contribution in [3.05, 3.63) is 0 Å². The Morgan fingerprint density at radius 1 is 0.467 bits per heavy atom. The molecule has 2 rings (SSSR count). The Balaban J connectivity index is 2.73. The number of rotatable bonds is 8. The minimum Gasteiger partial charge on any atom is -0.397 e. The zero-order valence-corrected chi connectivity index (χ0v) is 20.2. The fraction of sp³-hybridized carbons (Fsp3) is 0.875. The van der Waals surface area contributed by atoms with E-state index in [-0.39, 0.29) is 13.8 Å². The third-order valence-corrected chi connectivity index (χ3v) is 4.92. The maximum absolute atomic E-state index is 14.8. The molecule has 0 radical (unpaired) electrons. The van der Waals surface area contributed by atoms with E-state index < -0.39 is 84.2 Å². The highest BCUT2D eigenvalue weighted by atomic mass is 19.4. The molecule has 45 heavy (non-hydrogen) atoms. The molecule has 0 spiro atoms. The molecule has 0 N–H and O–H groups in total. The summed E-state index contributed by atoms with van der Waals surface area (Å²) in [5, 5.41) is 0. The molecule has 2 saturated heterocycles. The van der Waals surface area contributed by atoms with Crippen molar-refractivity contribution in [3.8, 4) is 0 Å². The first-order chi connectivity index (χ1) is 19.4. The van der Waals surface area contributed by atoms with Crippen LogP contribution in [0.15, 0.2) is 0 Å². The monoisotopic (exact) mass is 722 g/mol. The van der Waals surface area contributed by atoms with E-state index in [1.165, 1.54) is 0 Å². The number of carbonyl (C=O) groups excluding carboxylic acids is 2. The third kappa shape index (κ3) is 5.35. The van der Waals surface area contributed by atoms with Crippen molar-refractivity contribution in [1.82, 2.24) is 0 Å². The van der Waals surface area contributed by atoms with Gasteiger partial charge in [0.05, 0.1) is 0 Å². The molecule has 2 aliphatic rings. The van der Waals surface area contributed by atoms with Crippen molar-refractivity contribution in [1.29, 1.82) is 0 Å². The van der Waals surface area contributed by atoms with E-state index in [0.29, 0.717) is 0 Å². The maximum Gasteiger partial charge on any atom is 0.466 e. The second kappa shape index (κ2) is 9.92. The summed E-state index contributed by atoms with van der Waals surface area (Å²) in [5.74, 6) is -34.7. The molecule has 2 fully saturated rings. The Morgan fingerprint density at radius 2 is 0.711 bits per heavy atom. The van der Waals surface area contributed by atoms with Crippen molar-refractivity contribution in [2.45, 2.75) is 86.1 Å². The molecule has 9 nitrogen and oxygen atoms in total. The molecule has 4 unspecified atom stereocenters. The summed E-state index contributed by atoms with van der Waals surface area (Å²) in [5.41, 5.74) is 0. The molecule has 0 aromatic carbocycles. The van der Waals surface area contributed by atoms with Gasteiger partial charge < -0.3 is 9.47 Å². The quantitative estimate of drug-likeness (QED) is 0.234. The first kappa shape index (κ1) is 38.5. The summed E-state index contributed by atoms with van der Waals surface area (Å²) in [6.07, 6.45) is -59.9. The second-order valence-electron chi connectivity index (χ2n) is 8.22. The first-order valence-corrected chi connectivity index (χ1v) is 10.0. The van der Waals surface area contributed by atoms with Gasteiger partial charge in [0.15, 0.2) is 0 Å². The minimum atomic E-state index is -8.06. The van der Waals surface area contributed by atoms with Gasteiger partial charge in [0.2, 0.25) is 0 Å². The van der Waals surface area contributed by atoms with Crippen molar-refractivity contribution in [3.63, 3.8) is 0 Å². The Morgan fingerprint density at radius 3 is 0.911 bits per heavy atom. The van der Waals surface area contributed by atoms with Crippen molar-refractivity contribution in [2.75, 3.05) is 0 Å². The van der Waals surface area contributed by atoms with Gasteiger partial charge in [-0.2, -0.15) is 87.8 Å². The topological polar surface area (TPSA) is 98.8 Å². The molecule has 4 atom stereocenters. The average molecular weight is 722 g/mol. The summed E-state index contributed by atoms with van der Waals surface area (Å²) in [6, 6.07) is 0. The van der Waals surface area contributed by atoms with E-state index in [1.54, 1.807) is 4.74 Å². The summed E-state index contributed by atoms with van der Waals surface area (Å²) in [6.45, 7) is -0.467. The SMILES string of the molecule is CC(=O)OC(F)(F)C1(C(F)(F)F)OC(F)(F)C(F)(C(F)(F)OC(F)(F)C2(F)OC(C(F)(F)F)(C(F)(F)OC(C)=O)OC2(F)F)O1. The normalized spacial score (nSPS) is 32.8. The molecule has 2 aliphatic heterocycles. The van der Waals surface area contributed by atoms with Crippen molar-refractivity contribution in [2.24, 2.45) is 0 Å². The highest BCUT2D eigenvalue weighted by Crippen LogP contribution is 2.67. The average Bonchev–Trinajstić information content (AvgIpc) is 3.12. The van der Waals surface area contributed by atoms with Crippen LogP contribution in [-0.2, 0) is 42.7 Å². The highest BCUT2D eigenvalue weighted by molar-refractivity contribution is 5.66. The number of halogens is 20. The number of carbonyl (C=O) groups is 2. The van der Waals surface area contributed by atoms with Gasteiger partial charge in [-0.1, -0.05) is 0 Å². The number of hydrogen-bond donors (Lipinski definition) is 0. The second-order valence-corrected chi connectivity index (χ2v) is 8.22. The van der Waals surface area contributed by atoms with Crippen LogP contribution in [0.2, 0.25) is 0 Å². The largest absolute Gasteiger partial charge is 0.466 e. The first-order valence-electron chi connectivity index (χ1n) is 10.0. The van der Waals surface area contributed by atoms with Gasteiger partial charge in [0, 0.05) is 13.8 Å². The lowest BCUT2D eigenvalue weighted by Gasteiger charge is -2.38. The molecule has 2 heterocycles. The molecule has 264 valence electrons. The third-order valence-electron chi connectivity index (χ3n) is 4.92. The van der Waals surface area contributed by atoms with E-state index in [4.69, 9.17) is 0 Å². The van der Waals surface area contributed by atoms with Crippen LogP contribution in [0.25, 0.3) is 0 Å². The van der Waals surface area contributed by atoms with Crippen molar-refractivity contribution < 1.29 is 131 Å². The lowest BCUT2D eigenvalue weighted by molar-refractivity contribution is -0.532. The summed E-state index contributed by atoms with van der Waals surface area (Å²) in [7, 11) is 0. The fourth-order valence-electron chi connectivity index (χ4n) is 3.09. The Hall–Kier alpha value is -2.66. The molecular weight excluding hydrogens is 716 g/mol. The van der Waals surface area contributed by atoms with Crippen LogP contribution in [0.4, 0.5) is 87.8 Å². The van der Waals surface area contributed by atoms with Crippen LogP contribution in [0.3, 0.4) is 0 Å². The standard InChI is InChI=1S/C16H6F20O9/c1-3(37)39-15(33,34)7(9(19,20)21)41-5(17,11(25,26)43-7)13(29,30)45-14(31,32)6(18)12(27,28)44-8(42-6,10(22,23)24)16(35,36)40-4(2)38/h1-2H3. The minimum absolute atomic E-state index is 0.234. The van der Waals surface area contributed by atoms with Gasteiger partial charge in [-0.3, -0.25) is 28.5 Å². The number of hydrogen-bond acceptors (Lipinski definition) is 9. The lowest BCUT2D eigenvalue weighted by Crippen LogP contribution is -2.66. The molecule has 0 bridgehead atoms. The molecular formula is C16H6F20O9. The summed E-state index contributed by atoms with van der Waals surface area (Å²) >= 11 is 0. The van der Waals surface area contributed by atoms with E-state index in [2.05, 4.69) is 28.4 Å². The molecule has 0 aromatic heterocycles. The number of ether oxygens (including phenoxy) is 7. The molecule has 0 amide bonds. The van der Waals surface area contributed by atoms with E-state index in [1.807, 2.05) is 0 Å². The number of esters is 2. The summed E-state index contributed by atoms with van der Waals surface area (Å²) < 4.78 is 295. The highest BCUT2D eigenvalue weighted by Gasteiger charge is 2.97. The van der Waals surface area contributed by atoms with Crippen LogP contribution >= 0.6 is 0 Å². The lowest BCUT2D eigenvalue weighted by atomic mass is 10.2. The van der Waals surface area contributed by atoms with Gasteiger partial charge in [-0.25, -0.2) is 4.74 Å². The van der Waals surface area contributed by atoms with Gasteiger partial charge in [-0.05, 0) is 0 Å². The Bertz CT molecular complexity index is 1110. The van der Waals surface area contributed by atoms with Crippen molar-refractivity contribution >= 4 is 11.9 Å². The Labute approximate surface area is 230 Å². The van der Waals surface area contributed by atoms with Crippen LogP contribution in [-0.4, -0.2) is 84.2 Å². The van der Waals surface area contributed by atoms with Crippen LogP contribution in [0, 0.1) is 0 Å². The van der Waals surface area contributed by atoms with Gasteiger partial charge in [0.1, 0.15) is 0 Å². The molecule has 0 aromatic rings. The van der Waals surface area contributed by atoms with E-state index in [0.717, 1.165) is 0 Å². The number of alkyl halides is 20. The smallest absolute Gasteiger partial charge is 0.397 e. The predicted octanol–water partition coefficient (Wildman–Crippen LogP) is 5.63. The Kier molecular flexibility index (Phi) is 8.49.